The fourth-order valence-corrected chi connectivity index (χ4v) is 6.23. The van der Waals surface area contributed by atoms with Gasteiger partial charge in [-0.25, -0.2) is 4.90 Å². The normalized spacial score (nSPS) is 27.9. The van der Waals surface area contributed by atoms with E-state index in [4.69, 9.17) is 0 Å². The maximum absolute atomic E-state index is 13.8. The predicted octanol–water partition coefficient (Wildman–Crippen LogP) is 5.28. The van der Waals surface area contributed by atoms with E-state index in [-0.39, 0.29) is 11.6 Å². The van der Waals surface area contributed by atoms with Crippen molar-refractivity contribution in [3.63, 3.8) is 0 Å². The van der Waals surface area contributed by atoms with E-state index in [0.717, 1.165) is 39.3 Å². The van der Waals surface area contributed by atoms with Crippen LogP contribution in [0.15, 0.2) is 72.8 Å². The van der Waals surface area contributed by atoms with Gasteiger partial charge in [0.1, 0.15) is 0 Å². The largest absolute Gasteiger partial charge is 0.416 e. The first-order valence-electron chi connectivity index (χ1n) is 10.5. The quantitative estimate of drug-likeness (QED) is 0.490. The minimum atomic E-state index is -4.56. The zero-order valence-electron chi connectivity index (χ0n) is 17.1. The van der Waals surface area contributed by atoms with E-state index in [0.29, 0.717) is 0 Å². The Morgan fingerprint density at radius 1 is 0.812 bits per heavy atom. The Balaban J connectivity index is 1.56. The number of carbonyl (C=O) groups is 2. The van der Waals surface area contributed by atoms with Crippen LogP contribution in [0.3, 0.4) is 0 Å². The van der Waals surface area contributed by atoms with Crippen molar-refractivity contribution in [1.82, 2.24) is 0 Å². The van der Waals surface area contributed by atoms with Gasteiger partial charge in [-0.15, -0.1) is 0 Å². The predicted molar refractivity (Wildman–Crippen MR) is 112 cm³/mol. The number of benzene rings is 3. The smallest absolute Gasteiger partial charge is 0.274 e. The van der Waals surface area contributed by atoms with Crippen LogP contribution in [0.25, 0.3) is 0 Å². The molecule has 2 amide bonds. The van der Waals surface area contributed by atoms with Gasteiger partial charge in [0.15, 0.2) is 0 Å². The second-order valence-electron chi connectivity index (χ2n) is 8.92. The molecule has 1 heterocycles. The molecule has 2 atom stereocenters. The third-order valence-electron chi connectivity index (χ3n) is 7.47. The number of carbonyl (C=O) groups excluding carboxylic acids is 2. The van der Waals surface area contributed by atoms with Crippen LogP contribution < -0.4 is 4.90 Å². The number of hydrogen-bond acceptors (Lipinski definition) is 2. The summed E-state index contributed by atoms with van der Waals surface area (Å²) in [7, 11) is 0. The fraction of sp³-hybridized carbons (Fsp3) is 0.231. The third-order valence-corrected chi connectivity index (χ3v) is 7.47. The van der Waals surface area contributed by atoms with Gasteiger partial charge in [-0.2, -0.15) is 13.2 Å². The molecule has 3 aliphatic carbocycles. The molecule has 6 heteroatoms. The molecular formula is C26H18F3NO2. The molecule has 3 nitrogen and oxygen atoms in total. The molecule has 0 spiro atoms. The summed E-state index contributed by atoms with van der Waals surface area (Å²) in [4.78, 5) is 28.4. The van der Waals surface area contributed by atoms with Gasteiger partial charge < -0.3 is 0 Å². The summed E-state index contributed by atoms with van der Waals surface area (Å²) in [6, 6.07) is 20.1. The lowest BCUT2D eigenvalue weighted by molar-refractivity contribution is -0.137. The van der Waals surface area contributed by atoms with Gasteiger partial charge in [0.25, 0.3) is 0 Å². The first kappa shape index (κ1) is 19.3. The number of alkyl halides is 3. The van der Waals surface area contributed by atoms with Crippen LogP contribution in [-0.4, -0.2) is 11.8 Å². The molecule has 0 saturated carbocycles. The molecule has 3 aromatic carbocycles. The van der Waals surface area contributed by atoms with E-state index >= 15 is 0 Å². The Labute approximate surface area is 182 Å². The first-order chi connectivity index (χ1) is 15.2. The van der Waals surface area contributed by atoms with E-state index < -0.39 is 40.8 Å². The van der Waals surface area contributed by atoms with Crippen LogP contribution in [0.4, 0.5) is 18.9 Å². The van der Waals surface area contributed by atoms with Crippen LogP contribution in [0.1, 0.15) is 40.7 Å². The topological polar surface area (TPSA) is 37.4 Å². The van der Waals surface area contributed by atoms with Gasteiger partial charge in [-0.05, 0) is 40.5 Å². The molecular weight excluding hydrogens is 415 g/mol. The van der Waals surface area contributed by atoms with Gasteiger partial charge in [0.2, 0.25) is 11.8 Å². The molecule has 4 aliphatic rings. The maximum atomic E-state index is 13.8. The number of amides is 2. The summed E-state index contributed by atoms with van der Waals surface area (Å²) in [5.74, 6) is -2.48. The number of hydrogen-bond donors (Lipinski definition) is 0. The van der Waals surface area contributed by atoms with Crippen molar-refractivity contribution in [3.05, 3.63) is 101 Å². The summed E-state index contributed by atoms with van der Waals surface area (Å²) in [6.45, 7) is 1.98. The van der Waals surface area contributed by atoms with E-state index in [1.807, 2.05) is 55.5 Å². The van der Waals surface area contributed by atoms with Gasteiger partial charge in [-0.1, -0.05) is 61.5 Å². The SMILES string of the molecule is CC12c3ccccc3C(c3ccccc31)C1C(=O)N(c3cccc(C(F)(F)F)c3)C(=O)C12. The monoisotopic (exact) mass is 433 g/mol. The minimum Gasteiger partial charge on any atom is -0.274 e. The van der Waals surface area contributed by atoms with Crippen molar-refractivity contribution in [2.75, 3.05) is 4.90 Å². The molecule has 32 heavy (non-hydrogen) atoms. The van der Waals surface area contributed by atoms with E-state index in [2.05, 4.69) is 0 Å². The minimum absolute atomic E-state index is 0.0275. The van der Waals surface area contributed by atoms with Crippen molar-refractivity contribution < 1.29 is 22.8 Å². The Kier molecular flexibility index (Phi) is 3.67. The molecule has 1 aliphatic heterocycles. The Hall–Kier alpha value is -3.41. The van der Waals surface area contributed by atoms with Crippen molar-refractivity contribution in [2.45, 2.75) is 24.4 Å². The van der Waals surface area contributed by atoms with Gasteiger partial charge in [0, 0.05) is 11.3 Å². The standard InChI is InChI=1S/C26H18F3NO2/c1-25-18-11-4-2-9-16(18)20(17-10-3-5-12-19(17)25)21-22(25)24(32)30(23(21)31)15-8-6-7-14(13-15)26(27,28)29/h2-13,20-22H,1H3. The molecule has 1 fully saturated rings. The van der Waals surface area contributed by atoms with E-state index in [9.17, 15) is 22.8 Å². The summed E-state index contributed by atoms with van der Waals surface area (Å²) < 4.78 is 39.9. The lowest BCUT2D eigenvalue weighted by atomic mass is 9.48. The Bertz CT molecular complexity index is 1260. The van der Waals surface area contributed by atoms with Crippen molar-refractivity contribution in [1.29, 1.82) is 0 Å². The second kappa shape index (κ2) is 6.09. The van der Waals surface area contributed by atoms with Crippen molar-refractivity contribution in [3.8, 4) is 0 Å². The van der Waals surface area contributed by atoms with Crippen LogP contribution in [-0.2, 0) is 21.2 Å². The number of nitrogens with zero attached hydrogens (tertiary/aromatic N) is 1. The lowest BCUT2D eigenvalue weighted by Gasteiger charge is -2.52. The highest BCUT2D eigenvalue weighted by molar-refractivity contribution is 6.23. The lowest BCUT2D eigenvalue weighted by Crippen LogP contribution is -2.51. The highest BCUT2D eigenvalue weighted by Crippen LogP contribution is 2.64. The summed E-state index contributed by atoms with van der Waals surface area (Å²) in [6.07, 6.45) is -4.56. The molecule has 2 bridgehead atoms. The second-order valence-corrected chi connectivity index (χ2v) is 8.92. The molecule has 0 aromatic heterocycles. The summed E-state index contributed by atoms with van der Waals surface area (Å²) in [5.41, 5.74) is 2.40. The summed E-state index contributed by atoms with van der Waals surface area (Å²) in [5, 5.41) is 0. The van der Waals surface area contributed by atoms with Gasteiger partial charge in [-0.3, -0.25) is 9.59 Å². The Morgan fingerprint density at radius 2 is 1.41 bits per heavy atom. The highest BCUT2D eigenvalue weighted by atomic mass is 19.4. The fourth-order valence-electron chi connectivity index (χ4n) is 6.23. The van der Waals surface area contributed by atoms with E-state index in [1.54, 1.807) is 0 Å². The molecule has 0 N–H and O–H groups in total. The highest BCUT2D eigenvalue weighted by Gasteiger charge is 2.66. The maximum Gasteiger partial charge on any atom is 0.416 e. The number of imide groups is 1. The van der Waals surface area contributed by atoms with Crippen LogP contribution in [0, 0.1) is 11.8 Å². The van der Waals surface area contributed by atoms with Gasteiger partial charge in [0.05, 0.1) is 23.1 Å². The number of rotatable bonds is 1. The number of halogens is 3. The molecule has 160 valence electrons. The van der Waals surface area contributed by atoms with Crippen molar-refractivity contribution >= 4 is 17.5 Å². The molecule has 2 unspecified atom stereocenters. The number of anilines is 1. The zero-order chi connectivity index (χ0) is 22.4. The average Bonchev–Trinajstić information content (AvgIpc) is 3.05. The molecule has 3 aromatic rings. The molecule has 7 rings (SSSR count). The zero-order valence-corrected chi connectivity index (χ0v) is 17.1. The van der Waals surface area contributed by atoms with Crippen LogP contribution in [0.5, 0.6) is 0 Å². The third kappa shape index (κ3) is 2.22. The average molecular weight is 433 g/mol. The molecule has 0 radical (unpaired) electrons. The summed E-state index contributed by atoms with van der Waals surface area (Å²) >= 11 is 0. The van der Waals surface area contributed by atoms with Crippen molar-refractivity contribution in [2.24, 2.45) is 11.8 Å². The van der Waals surface area contributed by atoms with Crippen LogP contribution in [0.2, 0.25) is 0 Å². The Morgan fingerprint density at radius 3 is 2.00 bits per heavy atom. The van der Waals surface area contributed by atoms with E-state index in [1.165, 1.54) is 12.1 Å². The first-order valence-corrected chi connectivity index (χ1v) is 10.5. The van der Waals surface area contributed by atoms with Gasteiger partial charge >= 0.3 is 6.18 Å². The molecule has 1 saturated heterocycles. The van der Waals surface area contributed by atoms with Crippen LogP contribution >= 0.6 is 0 Å².